The van der Waals surface area contributed by atoms with Gasteiger partial charge in [0.1, 0.15) is 18.1 Å². The molecule has 0 aromatic carbocycles. The van der Waals surface area contributed by atoms with Gasteiger partial charge in [0.2, 0.25) is 29.5 Å². The van der Waals surface area contributed by atoms with Gasteiger partial charge in [-0.05, 0) is 0 Å². The van der Waals surface area contributed by atoms with Gasteiger partial charge in [-0.15, -0.1) is 0 Å². The monoisotopic (exact) mass is 347 g/mol. The molecule has 0 spiro atoms. The van der Waals surface area contributed by atoms with Gasteiger partial charge in [0.05, 0.1) is 19.6 Å². The molecule has 0 aliphatic heterocycles. The van der Waals surface area contributed by atoms with E-state index >= 15 is 0 Å². The van der Waals surface area contributed by atoms with Crippen LogP contribution in [0.3, 0.4) is 0 Å². The summed E-state index contributed by atoms with van der Waals surface area (Å²) in [5.41, 5.74) is 9.94. The van der Waals surface area contributed by atoms with E-state index < -0.39 is 67.3 Å². The van der Waals surface area contributed by atoms with Gasteiger partial charge in [-0.3, -0.25) is 24.0 Å². The molecule has 0 saturated heterocycles. The Labute approximate surface area is 136 Å². The van der Waals surface area contributed by atoms with Crippen LogP contribution in [-0.4, -0.2) is 71.1 Å². The van der Waals surface area contributed by atoms with Crippen LogP contribution < -0.4 is 27.4 Å². The molecule has 0 unspecified atom stereocenters. The molecule has 12 nitrogen and oxygen atoms in total. The van der Waals surface area contributed by atoms with Crippen molar-refractivity contribution in [3.8, 4) is 0 Å². The van der Waals surface area contributed by atoms with E-state index in [1.165, 1.54) is 0 Å². The predicted octanol–water partition coefficient (Wildman–Crippen LogP) is -5.19. The molecule has 136 valence electrons. The number of nitrogens with two attached hydrogens (primary N) is 2. The summed E-state index contributed by atoms with van der Waals surface area (Å²) in [6.45, 7) is -0.428. The second kappa shape index (κ2) is 10.1. The van der Waals surface area contributed by atoms with Crippen LogP contribution in [0.5, 0.6) is 0 Å². The molecule has 0 radical (unpaired) electrons. The number of nitrogens with one attached hydrogen (secondary N) is 3. The van der Waals surface area contributed by atoms with Crippen LogP contribution in [0.15, 0.2) is 0 Å². The largest absolute Gasteiger partial charge is 0.394 e. The Morgan fingerprint density at radius 3 is 1.67 bits per heavy atom. The van der Waals surface area contributed by atoms with Crippen molar-refractivity contribution >= 4 is 29.5 Å². The van der Waals surface area contributed by atoms with Crippen molar-refractivity contribution in [1.29, 1.82) is 0 Å². The second-order valence-electron chi connectivity index (χ2n) is 4.81. The third-order valence-electron chi connectivity index (χ3n) is 2.76. The van der Waals surface area contributed by atoms with Crippen molar-refractivity contribution in [2.24, 2.45) is 11.5 Å². The molecule has 0 aliphatic rings. The highest BCUT2D eigenvalue weighted by Crippen LogP contribution is 1.96. The maximum Gasteiger partial charge on any atom is 0.245 e. The topological polar surface area (TPSA) is 214 Å². The lowest BCUT2D eigenvalue weighted by Crippen LogP contribution is -2.58. The minimum Gasteiger partial charge on any atom is -0.394 e. The van der Waals surface area contributed by atoms with Crippen LogP contribution in [0.25, 0.3) is 0 Å². The van der Waals surface area contributed by atoms with E-state index in [1.54, 1.807) is 0 Å². The van der Waals surface area contributed by atoms with Crippen LogP contribution in [0.1, 0.15) is 13.3 Å². The van der Waals surface area contributed by atoms with E-state index in [0.29, 0.717) is 0 Å². The van der Waals surface area contributed by atoms with E-state index in [4.69, 9.17) is 21.7 Å². The van der Waals surface area contributed by atoms with Crippen molar-refractivity contribution in [3.05, 3.63) is 0 Å². The second-order valence-corrected chi connectivity index (χ2v) is 4.81. The number of aliphatic hydroxyl groups excluding tert-OH is 2. The number of carbonyl (C=O) groups is 5. The van der Waals surface area contributed by atoms with Crippen LogP contribution in [0.2, 0.25) is 0 Å². The molecule has 0 aromatic rings. The van der Waals surface area contributed by atoms with Crippen molar-refractivity contribution in [1.82, 2.24) is 16.0 Å². The lowest BCUT2D eigenvalue weighted by molar-refractivity contribution is -0.135. The SMILES string of the molecule is CC(=O)N[C@@H](CO)C(=O)N[C@H](CC(N)=O)C(=O)N[C@H](CO)C(N)=O. The van der Waals surface area contributed by atoms with Crippen molar-refractivity contribution in [2.75, 3.05) is 13.2 Å². The first-order chi connectivity index (χ1) is 11.1. The first-order valence-electron chi connectivity index (χ1n) is 6.79. The Kier molecular flexibility index (Phi) is 8.97. The highest BCUT2D eigenvalue weighted by atomic mass is 16.3. The fourth-order valence-corrected chi connectivity index (χ4v) is 1.60. The zero-order chi connectivity index (χ0) is 18.9. The maximum atomic E-state index is 12.0. The Hall–Kier alpha value is -2.73. The molecule has 3 atom stereocenters. The van der Waals surface area contributed by atoms with Crippen LogP contribution >= 0.6 is 0 Å². The highest BCUT2D eigenvalue weighted by molar-refractivity contribution is 5.96. The highest BCUT2D eigenvalue weighted by Gasteiger charge is 2.29. The summed E-state index contributed by atoms with van der Waals surface area (Å²) in [7, 11) is 0. The molecule has 0 rings (SSSR count). The minimum absolute atomic E-state index is 0.603. The number of rotatable bonds is 10. The summed E-state index contributed by atoms with van der Waals surface area (Å²) in [5, 5.41) is 24.3. The van der Waals surface area contributed by atoms with Gasteiger partial charge in [0.25, 0.3) is 0 Å². The lowest BCUT2D eigenvalue weighted by atomic mass is 10.1. The molecular weight excluding hydrogens is 326 g/mol. The molecule has 0 aliphatic carbocycles. The fourth-order valence-electron chi connectivity index (χ4n) is 1.60. The van der Waals surface area contributed by atoms with Crippen molar-refractivity contribution in [3.63, 3.8) is 0 Å². The third kappa shape index (κ3) is 7.51. The van der Waals surface area contributed by atoms with Crippen LogP contribution in [-0.2, 0) is 24.0 Å². The molecular formula is C12H21N5O7. The number of primary amides is 2. The van der Waals surface area contributed by atoms with Gasteiger partial charge >= 0.3 is 0 Å². The normalized spacial score (nSPS) is 14.0. The van der Waals surface area contributed by atoms with Gasteiger partial charge in [-0.2, -0.15) is 0 Å². The molecule has 0 heterocycles. The van der Waals surface area contributed by atoms with Gasteiger partial charge in [0.15, 0.2) is 0 Å². The summed E-state index contributed by atoms with van der Waals surface area (Å²) in [6, 6.07) is -4.27. The maximum absolute atomic E-state index is 12.0. The average Bonchev–Trinajstić information content (AvgIpc) is 2.47. The summed E-state index contributed by atoms with van der Waals surface area (Å²) >= 11 is 0. The summed E-state index contributed by atoms with van der Waals surface area (Å²) < 4.78 is 0. The van der Waals surface area contributed by atoms with E-state index in [0.717, 1.165) is 6.92 Å². The molecule has 0 fully saturated rings. The van der Waals surface area contributed by atoms with Gasteiger partial charge in [-0.1, -0.05) is 0 Å². The molecule has 0 aromatic heterocycles. The third-order valence-corrected chi connectivity index (χ3v) is 2.76. The summed E-state index contributed by atoms with van der Waals surface area (Å²) in [5.74, 6) is -4.51. The Bertz CT molecular complexity index is 510. The molecule has 12 heteroatoms. The number of carbonyl (C=O) groups excluding carboxylic acids is 5. The number of hydrogen-bond donors (Lipinski definition) is 7. The van der Waals surface area contributed by atoms with Gasteiger partial charge < -0.3 is 37.6 Å². The molecule has 0 saturated carbocycles. The lowest BCUT2D eigenvalue weighted by Gasteiger charge is -2.22. The minimum atomic E-state index is -1.49. The first kappa shape index (κ1) is 21.3. The van der Waals surface area contributed by atoms with Crippen molar-refractivity contribution in [2.45, 2.75) is 31.5 Å². The zero-order valence-electron chi connectivity index (χ0n) is 12.9. The number of amides is 5. The van der Waals surface area contributed by atoms with Crippen LogP contribution in [0.4, 0.5) is 0 Å². The smallest absolute Gasteiger partial charge is 0.245 e. The van der Waals surface area contributed by atoms with E-state index in [2.05, 4.69) is 10.6 Å². The molecule has 5 amide bonds. The molecule has 9 N–H and O–H groups in total. The van der Waals surface area contributed by atoms with Crippen molar-refractivity contribution < 1.29 is 34.2 Å². The Balaban J connectivity index is 5.08. The fraction of sp³-hybridized carbons (Fsp3) is 0.583. The zero-order valence-corrected chi connectivity index (χ0v) is 12.9. The van der Waals surface area contributed by atoms with Crippen LogP contribution in [0, 0.1) is 0 Å². The average molecular weight is 347 g/mol. The Morgan fingerprint density at radius 1 is 0.833 bits per heavy atom. The molecule has 0 bridgehead atoms. The standard InChI is InChI=1S/C12H21N5O7/c1-5(20)15-8(4-19)12(24)16-6(2-9(13)21)11(23)17-7(3-18)10(14)22/h6-8,18-19H,2-4H2,1H3,(H2,13,21)(H2,14,22)(H,15,20)(H,16,24)(H,17,23)/t6-,7-,8+/m1/s1. The van der Waals surface area contributed by atoms with E-state index in [-0.39, 0.29) is 0 Å². The van der Waals surface area contributed by atoms with E-state index in [1.807, 2.05) is 5.32 Å². The van der Waals surface area contributed by atoms with E-state index in [9.17, 15) is 24.0 Å². The predicted molar refractivity (Wildman–Crippen MR) is 78.6 cm³/mol. The molecule has 24 heavy (non-hydrogen) atoms. The number of hydrogen-bond acceptors (Lipinski definition) is 7. The number of aliphatic hydroxyl groups is 2. The van der Waals surface area contributed by atoms with Gasteiger partial charge in [0, 0.05) is 6.92 Å². The summed E-state index contributed by atoms with van der Waals surface area (Å²) in [6.07, 6.45) is -0.618. The first-order valence-corrected chi connectivity index (χ1v) is 6.79. The quantitative estimate of drug-likeness (QED) is 0.204. The summed E-state index contributed by atoms with van der Waals surface area (Å²) in [4.78, 5) is 56.9. The Morgan fingerprint density at radius 2 is 1.29 bits per heavy atom. The van der Waals surface area contributed by atoms with Gasteiger partial charge in [-0.25, -0.2) is 0 Å².